The first kappa shape index (κ1) is 15.3. The lowest BCUT2D eigenvalue weighted by Crippen LogP contribution is -2.17. The number of aliphatic imine (C=N–C) groups is 1. The van der Waals surface area contributed by atoms with Gasteiger partial charge in [0.05, 0.1) is 27.5 Å². The number of benzene rings is 2. The number of aromatic nitrogens is 3. The second kappa shape index (κ2) is 6.07. The van der Waals surface area contributed by atoms with Crippen LogP contribution in [0.5, 0.6) is 0 Å². The van der Waals surface area contributed by atoms with Crippen molar-refractivity contribution < 1.29 is 0 Å². The highest BCUT2D eigenvalue weighted by Crippen LogP contribution is 2.27. The summed E-state index contributed by atoms with van der Waals surface area (Å²) in [4.78, 5) is 22.2. The van der Waals surface area contributed by atoms with Crippen molar-refractivity contribution in [3.8, 4) is 16.4 Å². The number of thiazole rings is 1. The Labute approximate surface area is 153 Å². The third kappa shape index (κ3) is 2.68. The zero-order valence-corrected chi connectivity index (χ0v) is 14.7. The van der Waals surface area contributed by atoms with Crippen LogP contribution in [0.15, 0.2) is 64.4 Å². The maximum atomic E-state index is 13.1. The van der Waals surface area contributed by atoms with Crippen molar-refractivity contribution in [2.75, 3.05) is 0 Å². The van der Waals surface area contributed by atoms with Crippen molar-refractivity contribution in [2.45, 2.75) is 18.9 Å². The number of rotatable bonds is 4. The maximum Gasteiger partial charge on any atom is 0.282 e. The summed E-state index contributed by atoms with van der Waals surface area (Å²) in [5.41, 5.74) is 3.10. The van der Waals surface area contributed by atoms with Crippen LogP contribution in [0.1, 0.15) is 18.4 Å². The van der Waals surface area contributed by atoms with Crippen molar-refractivity contribution in [1.29, 1.82) is 0 Å². The minimum absolute atomic E-state index is 0.118. The van der Waals surface area contributed by atoms with Gasteiger partial charge in [-0.15, -0.1) is 0 Å². The third-order valence-electron chi connectivity index (χ3n) is 4.42. The topological polar surface area (TPSA) is 63.0 Å². The molecule has 2 aromatic carbocycles. The monoisotopic (exact) mass is 360 g/mol. The molecule has 6 heteroatoms. The first-order valence-electron chi connectivity index (χ1n) is 8.59. The van der Waals surface area contributed by atoms with Gasteiger partial charge in [0.2, 0.25) is 5.13 Å². The number of para-hydroxylation sites is 1. The highest BCUT2D eigenvalue weighted by atomic mass is 32.1. The first-order valence-corrected chi connectivity index (χ1v) is 9.41. The van der Waals surface area contributed by atoms with Gasteiger partial charge in [-0.05, 0) is 25.0 Å². The number of nitrogens with one attached hydrogen (secondary N) is 1. The summed E-state index contributed by atoms with van der Waals surface area (Å²) in [6.07, 6.45) is 3.93. The zero-order valence-electron chi connectivity index (χ0n) is 13.9. The van der Waals surface area contributed by atoms with Gasteiger partial charge in [0, 0.05) is 11.8 Å². The van der Waals surface area contributed by atoms with Crippen LogP contribution in [0.2, 0.25) is 0 Å². The van der Waals surface area contributed by atoms with Crippen LogP contribution in [0.3, 0.4) is 0 Å². The quantitative estimate of drug-likeness (QED) is 0.559. The van der Waals surface area contributed by atoms with E-state index in [1.54, 1.807) is 6.21 Å². The van der Waals surface area contributed by atoms with Gasteiger partial charge in [0.1, 0.15) is 0 Å². The summed E-state index contributed by atoms with van der Waals surface area (Å²) in [5.74, 6) is 0. The molecule has 0 aliphatic heterocycles. The molecule has 4 aromatic rings. The summed E-state index contributed by atoms with van der Waals surface area (Å²) >= 11 is 1.49. The van der Waals surface area contributed by atoms with Gasteiger partial charge in [-0.3, -0.25) is 14.9 Å². The molecular weight excluding hydrogens is 344 g/mol. The molecule has 1 saturated carbocycles. The Morgan fingerprint density at radius 2 is 1.88 bits per heavy atom. The van der Waals surface area contributed by atoms with Gasteiger partial charge in [0.15, 0.2) is 0 Å². The molecule has 0 amide bonds. The van der Waals surface area contributed by atoms with Crippen molar-refractivity contribution in [3.63, 3.8) is 0 Å². The molecule has 1 aliphatic carbocycles. The van der Waals surface area contributed by atoms with Gasteiger partial charge in [0.25, 0.3) is 5.56 Å². The van der Waals surface area contributed by atoms with E-state index in [2.05, 4.69) is 15.1 Å². The molecule has 5 rings (SSSR count). The SMILES string of the molecule is O=c1c(/C=N\C2CC2)c(-c2ccccc2)[nH]n1-c1nc2ccccc2s1. The molecule has 0 unspecified atom stereocenters. The van der Waals surface area contributed by atoms with Crippen LogP contribution in [-0.2, 0) is 0 Å². The Bertz CT molecular complexity index is 1130. The van der Waals surface area contributed by atoms with Crippen LogP contribution in [0, 0.1) is 0 Å². The molecule has 0 bridgehead atoms. The zero-order chi connectivity index (χ0) is 17.5. The van der Waals surface area contributed by atoms with E-state index in [1.807, 2.05) is 54.6 Å². The van der Waals surface area contributed by atoms with Crippen LogP contribution in [0.4, 0.5) is 0 Å². The summed E-state index contributed by atoms with van der Waals surface area (Å²) in [7, 11) is 0. The fourth-order valence-electron chi connectivity index (χ4n) is 2.89. The predicted molar refractivity (Wildman–Crippen MR) is 106 cm³/mol. The van der Waals surface area contributed by atoms with Crippen LogP contribution in [-0.4, -0.2) is 27.0 Å². The fraction of sp³-hybridized carbons (Fsp3) is 0.150. The third-order valence-corrected chi connectivity index (χ3v) is 5.45. The van der Waals surface area contributed by atoms with Gasteiger partial charge in [-0.1, -0.05) is 53.8 Å². The Morgan fingerprint density at radius 1 is 1.12 bits per heavy atom. The summed E-state index contributed by atoms with van der Waals surface area (Å²) in [5, 5.41) is 3.89. The molecular formula is C20H16N4OS. The predicted octanol–water partition coefficient (Wildman–Crippen LogP) is 4.02. The lowest BCUT2D eigenvalue weighted by atomic mass is 10.1. The van der Waals surface area contributed by atoms with E-state index in [0.717, 1.165) is 34.3 Å². The van der Waals surface area contributed by atoms with Crippen molar-refractivity contribution >= 4 is 27.8 Å². The largest absolute Gasteiger partial charge is 0.289 e. The highest BCUT2D eigenvalue weighted by Gasteiger charge is 2.21. The molecule has 26 heavy (non-hydrogen) atoms. The number of nitrogens with zero attached hydrogens (tertiary/aromatic N) is 3. The molecule has 0 radical (unpaired) electrons. The van der Waals surface area contributed by atoms with E-state index < -0.39 is 0 Å². The second-order valence-electron chi connectivity index (χ2n) is 6.38. The molecule has 128 valence electrons. The average Bonchev–Trinajstić information content (AvgIpc) is 3.31. The van der Waals surface area contributed by atoms with E-state index in [4.69, 9.17) is 0 Å². The van der Waals surface area contributed by atoms with Crippen molar-refractivity contribution in [2.24, 2.45) is 4.99 Å². The normalized spacial score (nSPS) is 14.5. The van der Waals surface area contributed by atoms with Gasteiger partial charge < -0.3 is 0 Å². The van der Waals surface area contributed by atoms with Crippen LogP contribution < -0.4 is 5.56 Å². The summed E-state index contributed by atoms with van der Waals surface area (Å²) in [6.45, 7) is 0. The molecule has 1 fully saturated rings. The van der Waals surface area contributed by atoms with Crippen molar-refractivity contribution in [1.82, 2.24) is 14.8 Å². The van der Waals surface area contributed by atoms with Gasteiger partial charge in [-0.2, -0.15) is 4.68 Å². The molecule has 2 aromatic heterocycles. The molecule has 0 spiro atoms. The summed E-state index contributed by atoms with van der Waals surface area (Å²) in [6, 6.07) is 18.1. The highest BCUT2D eigenvalue weighted by molar-refractivity contribution is 7.20. The lowest BCUT2D eigenvalue weighted by molar-refractivity contribution is 0.845. The number of hydrogen-bond donors (Lipinski definition) is 1. The summed E-state index contributed by atoms with van der Waals surface area (Å²) < 4.78 is 2.58. The second-order valence-corrected chi connectivity index (χ2v) is 7.39. The first-order chi connectivity index (χ1) is 12.8. The molecule has 2 heterocycles. The molecule has 0 atom stereocenters. The molecule has 0 saturated heterocycles. The smallest absolute Gasteiger partial charge is 0.282 e. The van der Waals surface area contributed by atoms with Gasteiger partial charge >= 0.3 is 0 Å². The number of hydrogen-bond acceptors (Lipinski definition) is 4. The molecule has 1 aliphatic rings. The number of fused-ring (bicyclic) bond motifs is 1. The van der Waals surface area contributed by atoms with Crippen molar-refractivity contribution in [3.05, 3.63) is 70.5 Å². The molecule has 1 N–H and O–H groups in total. The minimum Gasteiger partial charge on any atom is -0.289 e. The van der Waals surface area contributed by atoms with E-state index >= 15 is 0 Å². The Morgan fingerprint density at radius 3 is 2.65 bits per heavy atom. The van der Waals surface area contributed by atoms with Crippen LogP contribution >= 0.6 is 11.3 Å². The number of aromatic amines is 1. The average molecular weight is 360 g/mol. The Kier molecular flexibility index (Phi) is 3.57. The minimum atomic E-state index is -0.118. The Balaban J connectivity index is 1.69. The Hall–Kier alpha value is -2.99. The van der Waals surface area contributed by atoms with E-state index in [0.29, 0.717) is 16.7 Å². The maximum absolute atomic E-state index is 13.1. The van der Waals surface area contributed by atoms with E-state index in [9.17, 15) is 4.79 Å². The molecule has 5 nitrogen and oxygen atoms in total. The van der Waals surface area contributed by atoms with E-state index in [1.165, 1.54) is 16.0 Å². The lowest BCUT2D eigenvalue weighted by Gasteiger charge is -1.99. The standard InChI is InChI=1S/C20H16N4OS/c25-19-15(12-21-14-10-11-14)18(13-6-2-1-3-7-13)23-24(19)20-22-16-8-4-5-9-17(16)26-20/h1-9,12,14,23H,10-11H2/b21-12-. The number of H-pyrrole nitrogens is 1. The van der Waals surface area contributed by atoms with Gasteiger partial charge in [-0.25, -0.2) is 4.98 Å². The van der Waals surface area contributed by atoms with Crippen LogP contribution in [0.25, 0.3) is 26.6 Å². The van der Waals surface area contributed by atoms with E-state index in [-0.39, 0.29) is 5.56 Å². The fourth-order valence-corrected chi connectivity index (χ4v) is 3.81.